The Morgan fingerprint density at radius 1 is 1.42 bits per heavy atom. The van der Waals surface area contributed by atoms with Crippen LogP contribution in [0.15, 0.2) is 0 Å². The number of methoxy groups -OCH3 is 1. The minimum absolute atomic E-state index is 0.312. The Bertz CT molecular complexity index is 401. The molecule has 1 aromatic rings. The lowest BCUT2D eigenvalue weighted by molar-refractivity contribution is 0.0994. The fraction of sp³-hybridized carbons (Fsp3) is 0.769. The number of aryl methyl sites for hydroxylation is 1. The molecule has 1 aromatic heterocycles. The summed E-state index contributed by atoms with van der Waals surface area (Å²) in [6.45, 7) is 5.78. The number of carbonyl (C=O) groups excluding carboxylic acids is 1. The van der Waals surface area contributed by atoms with Gasteiger partial charge in [0.2, 0.25) is 0 Å². The first-order valence-corrected chi connectivity index (χ1v) is 6.77. The Hall–Kier alpha value is -1.43. The van der Waals surface area contributed by atoms with Gasteiger partial charge in [0.1, 0.15) is 0 Å². The first-order valence-electron chi connectivity index (χ1n) is 6.77. The summed E-state index contributed by atoms with van der Waals surface area (Å²) >= 11 is 0. The van der Waals surface area contributed by atoms with E-state index >= 15 is 0 Å². The van der Waals surface area contributed by atoms with Crippen molar-refractivity contribution in [2.24, 2.45) is 11.7 Å². The summed E-state index contributed by atoms with van der Waals surface area (Å²) in [4.78, 5) is 11.3. The third-order valence-corrected chi connectivity index (χ3v) is 3.00. The zero-order valence-electron chi connectivity index (χ0n) is 12.1. The van der Waals surface area contributed by atoms with E-state index in [0.29, 0.717) is 11.6 Å². The molecule has 0 spiro atoms. The summed E-state index contributed by atoms with van der Waals surface area (Å²) < 4.78 is 6.82. The molecule has 1 amide bonds. The molecule has 108 valence electrons. The van der Waals surface area contributed by atoms with Gasteiger partial charge in [-0.3, -0.25) is 4.79 Å². The van der Waals surface area contributed by atoms with Crippen molar-refractivity contribution in [3.63, 3.8) is 0 Å². The molecule has 0 saturated carbocycles. The number of nitrogens with zero attached hydrogens (tertiary/aromatic N) is 3. The van der Waals surface area contributed by atoms with Crippen LogP contribution in [0.1, 0.15) is 49.3 Å². The van der Waals surface area contributed by atoms with Crippen LogP contribution < -0.4 is 5.73 Å². The van der Waals surface area contributed by atoms with Gasteiger partial charge in [0.05, 0.1) is 5.69 Å². The molecule has 0 aliphatic carbocycles. The zero-order valence-corrected chi connectivity index (χ0v) is 12.1. The van der Waals surface area contributed by atoms with Crippen molar-refractivity contribution in [2.45, 2.75) is 46.1 Å². The van der Waals surface area contributed by atoms with Crippen LogP contribution >= 0.6 is 0 Å². The van der Waals surface area contributed by atoms with E-state index in [2.05, 4.69) is 24.2 Å². The number of unbranched alkanes of at least 4 members (excludes halogenated alkanes) is 1. The molecule has 1 rings (SSSR count). The third kappa shape index (κ3) is 4.98. The van der Waals surface area contributed by atoms with Crippen LogP contribution in [0.3, 0.4) is 0 Å². The summed E-state index contributed by atoms with van der Waals surface area (Å²) in [5.74, 6) is 0.0689. The lowest BCUT2D eigenvalue weighted by Gasteiger charge is -2.08. The van der Waals surface area contributed by atoms with Crippen LogP contribution in [0.2, 0.25) is 0 Å². The van der Waals surface area contributed by atoms with Gasteiger partial charge in [-0.2, -0.15) is 0 Å². The molecule has 0 bridgehead atoms. The second-order valence-electron chi connectivity index (χ2n) is 5.10. The maximum atomic E-state index is 11.3. The van der Waals surface area contributed by atoms with E-state index < -0.39 is 5.91 Å². The smallest absolute Gasteiger partial charge is 0.271 e. The molecule has 2 N–H and O–H groups in total. The zero-order chi connectivity index (χ0) is 14.3. The molecule has 0 fully saturated rings. The van der Waals surface area contributed by atoms with E-state index in [0.717, 1.165) is 44.5 Å². The minimum Gasteiger partial charge on any atom is -0.385 e. The average Bonchev–Trinajstić information content (AvgIpc) is 2.75. The molecule has 0 unspecified atom stereocenters. The highest BCUT2D eigenvalue weighted by molar-refractivity contribution is 5.91. The van der Waals surface area contributed by atoms with Gasteiger partial charge in [-0.05, 0) is 31.6 Å². The predicted molar refractivity (Wildman–Crippen MR) is 72.8 cm³/mol. The second kappa shape index (κ2) is 7.89. The number of ether oxygens (including phenoxy) is 1. The summed E-state index contributed by atoms with van der Waals surface area (Å²) in [5.41, 5.74) is 6.51. The quantitative estimate of drug-likeness (QED) is 0.686. The summed E-state index contributed by atoms with van der Waals surface area (Å²) in [6, 6.07) is 0. The van der Waals surface area contributed by atoms with Crippen molar-refractivity contribution in [1.82, 2.24) is 15.0 Å². The number of rotatable bonds is 9. The van der Waals surface area contributed by atoms with Crippen LogP contribution in [-0.4, -0.2) is 34.6 Å². The van der Waals surface area contributed by atoms with Crippen molar-refractivity contribution in [2.75, 3.05) is 13.7 Å². The second-order valence-corrected chi connectivity index (χ2v) is 5.10. The molecular formula is C13H24N4O2. The Kier molecular flexibility index (Phi) is 6.49. The summed E-state index contributed by atoms with van der Waals surface area (Å²) in [7, 11) is 1.69. The Morgan fingerprint density at radius 2 is 2.16 bits per heavy atom. The minimum atomic E-state index is -0.498. The van der Waals surface area contributed by atoms with Gasteiger partial charge < -0.3 is 10.5 Å². The maximum Gasteiger partial charge on any atom is 0.271 e. The van der Waals surface area contributed by atoms with Gasteiger partial charge in [-0.25, -0.2) is 4.68 Å². The molecule has 19 heavy (non-hydrogen) atoms. The van der Waals surface area contributed by atoms with Crippen LogP contribution in [0.25, 0.3) is 0 Å². The number of carbonyl (C=O) groups is 1. The Morgan fingerprint density at radius 3 is 2.74 bits per heavy atom. The van der Waals surface area contributed by atoms with E-state index in [1.807, 2.05) is 0 Å². The van der Waals surface area contributed by atoms with Crippen molar-refractivity contribution in [1.29, 1.82) is 0 Å². The van der Waals surface area contributed by atoms with Gasteiger partial charge in [0.15, 0.2) is 5.69 Å². The number of nitrogens with two attached hydrogens (primary N) is 1. The summed E-state index contributed by atoms with van der Waals surface area (Å²) in [6.07, 6.45) is 3.69. The highest BCUT2D eigenvalue weighted by Gasteiger charge is 2.17. The molecule has 0 aromatic carbocycles. The van der Waals surface area contributed by atoms with E-state index in [1.54, 1.807) is 11.8 Å². The van der Waals surface area contributed by atoms with Crippen LogP contribution in [0, 0.1) is 5.92 Å². The van der Waals surface area contributed by atoms with Gasteiger partial charge >= 0.3 is 0 Å². The van der Waals surface area contributed by atoms with Crippen molar-refractivity contribution in [3.8, 4) is 0 Å². The number of primary amides is 1. The fourth-order valence-corrected chi connectivity index (χ4v) is 1.88. The number of hydrogen-bond acceptors (Lipinski definition) is 4. The monoisotopic (exact) mass is 268 g/mol. The van der Waals surface area contributed by atoms with E-state index in [9.17, 15) is 4.79 Å². The van der Waals surface area contributed by atoms with Crippen molar-refractivity contribution >= 4 is 5.91 Å². The highest BCUT2D eigenvalue weighted by Crippen LogP contribution is 2.13. The van der Waals surface area contributed by atoms with Gasteiger partial charge in [0, 0.05) is 20.3 Å². The molecule has 0 atom stereocenters. The molecule has 0 aliphatic heterocycles. The standard InChI is InChI=1S/C13H24N4O2/c1-10(2)6-7-11-12(13(14)18)15-16-17(11)8-4-5-9-19-3/h10H,4-9H2,1-3H3,(H2,14,18). The van der Waals surface area contributed by atoms with Crippen molar-refractivity contribution in [3.05, 3.63) is 11.4 Å². The fourth-order valence-electron chi connectivity index (χ4n) is 1.88. The molecule has 6 heteroatoms. The number of aromatic nitrogens is 3. The average molecular weight is 268 g/mol. The van der Waals surface area contributed by atoms with Gasteiger partial charge in [-0.1, -0.05) is 19.1 Å². The lowest BCUT2D eigenvalue weighted by atomic mass is 10.1. The van der Waals surface area contributed by atoms with E-state index in [-0.39, 0.29) is 0 Å². The topological polar surface area (TPSA) is 83.0 Å². The number of amides is 1. The van der Waals surface area contributed by atoms with Gasteiger partial charge in [0.25, 0.3) is 5.91 Å². The van der Waals surface area contributed by atoms with Gasteiger partial charge in [-0.15, -0.1) is 5.10 Å². The van der Waals surface area contributed by atoms with Crippen LogP contribution in [-0.2, 0) is 17.7 Å². The predicted octanol–water partition coefficient (Wildman–Crippen LogP) is 1.39. The molecule has 1 heterocycles. The lowest BCUT2D eigenvalue weighted by Crippen LogP contribution is -2.16. The largest absolute Gasteiger partial charge is 0.385 e. The molecule has 6 nitrogen and oxygen atoms in total. The summed E-state index contributed by atoms with van der Waals surface area (Å²) in [5, 5.41) is 7.94. The Balaban J connectivity index is 2.70. The van der Waals surface area contributed by atoms with Crippen molar-refractivity contribution < 1.29 is 9.53 Å². The Labute approximate surface area is 114 Å². The first kappa shape index (κ1) is 15.6. The first-order chi connectivity index (χ1) is 9.06. The molecule has 0 radical (unpaired) electrons. The maximum absolute atomic E-state index is 11.3. The molecule has 0 aliphatic rings. The van der Waals surface area contributed by atoms with E-state index in [1.165, 1.54) is 0 Å². The normalized spacial score (nSPS) is 11.2. The van der Waals surface area contributed by atoms with Crippen LogP contribution in [0.5, 0.6) is 0 Å². The highest BCUT2D eigenvalue weighted by atomic mass is 16.5. The van der Waals surface area contributed by atoms with E-state index in [4.69, 9.17) is 10.5 Å². The number of hydrogen-bond donors (Lipinski definition) is 1. The van der Waals surface area contributed by atoms with Crippen LogP contribution in [0.4, 0.5) is 0 Å². The molecule has 0 saturated heterocycles. The SMILES string of the molecule is COCCCCn1nnc(C(N)=O)c1CCC(C)C. The molecular weight excluding hydrogens is 244 g/mol. The third-order valence-electron chi connectivity index (χ3n) is 3.00.